The fourth-order valence-electron chi connectivity index (χ4n) is 2.92. The predicted molar refractivity (Wildman–Crippen MR) is 116 cm³/mol. The van der Waals surface area contributed by atoms with Gasteiger partial charge in [0.1, 0.15) is 0 Å². The van der Waals surface area contributed by atoms with Crippen LogP contribution < -0.4 is 5.32 Å². The van der Waals surface area contributed by atoms with Gasteiger partial charge in [-0.25, -0.2) is 0 Å². The molecule has 1 heterocycles. The Morgan fingerprint density at radius 1 is 1.14 bits per heavy atom. The summed E-state index contributed by atoms with van der Waals surface area (Å²) in [5.74, 6) is 1.32. The Balaban J connectivity index is 1.70. The summed E-state index contributed by atoms with van der Waals surface area (Å²) in [6.07, 6.45) is 0. The highest BCUT2D eigenvalue weighted by Gasteiger charge is 2.15. The molecule has 3 rings (SSSR count). The van der Waals surface area contributed by atoms with Gasteiger partial charge in [0.2, 0.25) is 5.91 Å². The van der Waals surface area contributed by atoms with E-state index in [-0.39, 0.29) is 11.7 Å². The van der Waals surface area contributed by atoms with Crippen molar-refractivity contribution in [2.24, 2.45) is 0 Å². The Morgan fingerprint density at radius 2 is 1.86 bits per heavy atom. The Morgan fingerprint density at radius 3 is 2.54 bits per heavy atom. The van der Waals surface area contributed by atoms with Gasteiger partial charge in [-0.1, -0.05) is 55.4 Å². The predicted octanol–water partition coefficient (Wildman–Crippen LogP) is 5.47. The van der Waals surface area contributed by atoms with Gasteiger partial charge >= 0.3 is 0 Å². The molecule has 2 aromatic carbocycles. The van der Waals surface area contributed by atoms with Gasteiger partial charge in [-0.2, -0.15) is 0 Å². The molecule has 0 bridgehead atoms. The molecule has 0 fully saturated rings. The Kier molecular flexibility index (Phi) is 6.75. The fraction of sp³-hybridized carbons (Fsp3) is 0.286. The number of aromatic nitrogens is 3. The number of hydrogen-bond donors (Lipinski definition) is 1. The van der Waals surface area contributed by atoms with Crippen molar-refractivity contribution in [3.63, 3.8) is 0 Å². The number of benzene rings is 2. The highest BCUT2D eigenvalue weighted by Crippen LogP contribution is 2.26. The number of thioether (sulfide) groups is 1. The highest BCUT2D eigenvalue weighted by atomic mass is 35.5. The zero-order valence-corrected chi connectivity index (χ0v) is 17.7. The normalized spacial score (nSPS) is 11.0. The first kappa shape index (κ1) is 20.4. The second kappa shape index (κ2) is 9.26. The third-order valence-electron chi connectivity index (χ3n) is 4.32. The Labute approximate surface area is 174 Å². The van der Waals surface area contributed by atoms with Crippen LogP contribution in [0.3, 0.4) is 0 Å². The van der Waals surface area contributed by atoms with Gasteiger partial charge in [-0.3, -0.25) is 4.79 Å². The van der Waals surface area contributed by atoms with Crippen LogP contribution in [0.25, 0.3) is 11.4 Å². The maximum absolute atomic E-state index is 12.5. The fourth-order valence-corrected chi connectivity index (χ4v) is 3.85. The first-order valence-electron chi connectivity index (χ1n) is 9.20. The molecule has 7 heteroatoms. The molecule has 0 aliphatic carbocycles. The van der Waals surface area contributed by atoms with Gasteiger partial charge in [-0.15, -0.1) is 10.2 Å². The van der Waals surface area contributed by atoms with Crippen molar-refractivity contribution in [1.29, 1.82) is 0 Å². The van der Waals surface area contributed by atoms with Crippen LogP contribution in [0.15, 0.2) is 53.7 Å². The number of amides is 1. The number of hydrogen-bond acceptors (Lipinski definition) is 4. The van der Waals surface area contributed by atoms with Crippen molar-refractivity contribution in [1.82, 2.24) is 14.8 Å². The van der Waals surface area contributed by atoms with Crippen LogP contribution in [0.1, 0.15) is 32.3 Å². The number of anilines is 1. The minimum Gasteiger partial charge on any atom is -0.325 e. The zero-order valence-electron chi connectivity index (χ0n) is 16.1. The van der Waals surface area contributed by atoms with Crippen molar-refractivity contribution in [3.8, 4) is 11.4 Å². The van der Waals surface area contributed by atoms with E-state index in [1.54, 1.807) is 0 Å². The lowest BCUT2D eigenvalue weighted by Crippen LogP contribution is -2.16. The van der Waals surface area contributed by atoms with E-state index in [1.165, 1.54) is 11.8 Å². The van der Waals surface area contributed by atoms with Crippen LogP contribution in [-0.4, -0.2) is 26.4 Å². The number of carbonyl (C=O) groups excluding carboxylic acids is 1. The van der Waals surface area contributed by atoms with Crippen molar-refractivity contribution in [2.75, 3.05) is 11.1 Å². The van der Waals surface area contributed by atoms with E-state index in [2.05, 4.69) is 29.4 Å². The lowest BCUT2D eigenvalue weighted by Gasteiger charge is -2.13. The largest absolute Gasteiger partial charge is 0.325 e. The number of nitrogens with one attached hydrogen (secondary N) is 1. The van der Waals surface area contributed by atoms with Gasteiger partial charge in [0, 0.05) is 22.8 Å². The molecule has 0 saturated carbocycles. The van der Waals surface area contributed by atoms with Crippen LogP contribution in [0.4, 0.5) is 5.69 Å². The summed E-state index contributed by atoms with van der Waals surface area (Å²) in [5.41, 5.74) is 2.94. The van der Waals surface area contributed by atoms with E-state index < -0.39 is 0 Å². The molecule has 28 heavy (non-hydrogen) atoms. The molecule has 146 valence electrons. The van der Waals surface area contributed by atoms with Gasteiger partial charge in [0.15, 0.2) is 11.0 Å². The summed E-state index contributed by atoms with van der Waals surface area (Å²) in [6.45, 7) is 6.97. The lowest BCUT2D eigenvalue weighted by molar-refractivity contribution is -0.113. The average Bonchev–Trinajstić information content (AvgIpc) is 3.10. The molecular formula is C21H23ClN4OS. The van der Waals surface area contributed by atoms with Crippen LogP contribution in [0.2, 0.25) is 5.02 Å². The standard InChI is InChI=1S/C21H23ClN4OS/c1-4-26-20(15-9-11-16(22)12-10-15)24-25-21(26)28-13-19(27)23-18-8-6-5-7-17(18)14(2)3/h5-12,14H,4,13H2,1-3H3,(H,23,27). The molecule has 3 aromatic rings. The molecule has 0 atom stereocenters. The highest BCUT2D eigenvalue weighted by molar-refractivity contribution is 7.99. The molecule has 5 nitrogen and oxygen atoms in total. The first-order chi connectivity index (χ1) is 13.5. The molecule has 1 N–H and O–H groups in total. The molecule has 1 aromatic heterocycles. The molecule has 0 aliphatic rings. The summed E-state index contributed by atoms with van der Waals surface area (Å²) < 4.78 is 2.00. The molecule has 0 radical (unpaired) electrons. The van der Waals surface area contributed by atoms with E-state index >= 15 is 0 Å². The Bertz CT molecular complexity index is 953. The third-order valence-corrected chi connectivity index (χ3v) is 5.54. The number of nitrogens with zero attached hydrogens (tertiary/aromatic N) is 3. The van der Waals surface area contributed by atoms with E-state index in [0.717, 1.165) is 27.8 Å². The van der Waals surface area contributed by atoms with Gasteiger partial charge in [-0.05, 0) is 48.7 Å². The molecule has 0 aliphatic heterocycles. The van der Waals surface area contributed by atoms with Crippen molar-refractivity contribution >= 4 is 35.0 Å². The molecule has 0 spiro atoms. The summed E-state index contributed by atoms with van der Waals surface area (Å²) in [7, 11) is 0. The van der Waals surface area contributed by atoms with Gasteiger partial charge in [0.25, 0.3) is 0 Å². The van der Waals surface area contributed by atoms with Crippen LogP contribution in [0, 0.1) is 0 Å². The van der Waals surface area contributed by atoms with Gasteiger partial charge < -0.3 is 9.88 Å². The van der Waals surface area contributed by atoms with Crippen molar-refractivity contribution in [2.45, 2.75) is 38.4 Å². The quantitative estimate of drug-likeness (QED) is 0.520. The van der Waals surface area contributed by atoms with E-state index in [1.807, 2.05) is 60.0 Å². The number of rotatable bonds is 7. The number of halogens is 1. The van der Waals surface area contributed by atoms with Crippen molar-refractivity contribution in [3.05, 3.63) is 59.1 Å². The summed E-state index contributed by atoms with van der Waals surface area (Å²) in [5, 5.41) is 13.0. The molecular weight excluding hydrogens is 392 g/mol. The second-order valence-corrected chi connectivity index (χ2v) is 8.02. The SMILES string of the molecule is CCn1c(SCC(=O)Nc2ccccc2C(C)C)nnc1-c1ccc(Cl)cc1. The summed E-state index contributed by atoms with van der Waals surface area (Å²) in [4.78, 5) is 12.5. The maximum atomic E-state index is 12.5. The minimum atomic E-state index is -0.0585. The second-order valence-electron chi connectivity index (χ2n) is 6.64. The first-order valence-corrected chi connectivity index (χ1v) is 10.6. The third kappa shape index (κ3) is 4.75. The van der Waals surface area contributed by atoms with Crippen molar-refractivity contribution < 1.29 is 4.79 Å². The maximum Gasteiger partial charge on any atom is 0.234 e. The molecule has 1 amide bonds. The topological polar surface area (TPSA) is 59.8 Å². The minimum absolute atomic E-state index is 0.0585. The smallest absolute Gasteiger partial charge is 0.234 e. The van der Waals surface area contributed by atoms with Crippen LogP contribution >= 0.6 is 23.4 Å². The Hall–Kier alpha value is -2.31. The van der Waals surface area contributed by atoms with Crippen LogP contribution in [-0.2, 0) is 11.3 Å². The summed E-state index contributed by atoms with van der Waals surface area (Å²) in [6, 6.07) is 15.4. The lowest BCUT2D eigenvalue weighted by atomic mass is 10.0. The van der Waals surface area contributed by atoms with E-state index in [9.17, 15) is 4.79 Å². The number of carbonyl (C=O) groups is 1. The van der Waals surface area contributed by atoms with Gasteiger partial charge in [0.05, 0.1) is 5.75 Å². The monoisotopic (exact) mass is 414 g/mol. The van der Waals surface area contributed by atoms with E-state index in [4.69, 9.17) is 11.6 Å². The van der Waals surface area contributed by atoms with Crippen LogP contribution in [0.5, 0.6) is 0 Å². The average molecular weight is 415 g/mol. The van der Waals surface area contributed by atoms with E-state index in [0.29, 0.717) is 17.5 Å². The zero-order chi connectivity index (χ0) is 20.1. The molecule has 0 unspecified atom stereocenters. The molecule has 0 saturated heterocycles. The summed E-state index contributed by atoms with van der Waals surface area (Å²) >= 11 is 7.35. The number of para-hydroxylation sites is 1.